The van der Waals surface area contributed by atoms with Gasteiger partial charge in [-0.25, -0.2) is 4.98 Å². The zero-order valence-electron chi connectivity index (χ0n) is 13.6. The molecule has 1 heterocycles. The molecule has 114 valence electrons. The van der Waals surface area contributed by atoms with Crippen molar-refractivity contribution in [1.82, 2.24) is 14.9 Å². The van der Waals surface area contributed by atoms with Crippen LogP contribution in [-0.2, 0) is 11.2 Å². The number of rotatable bonds is 5. The maximum atomic E-state index is 11.5. The Morgan fingerprint density at radius 1 is 1.29 bits per heavy atom. The number of nitrogens with one attached hydrogen (secondary N) is 1. The van der Waals surface area contributed by atoms with Crippen LogP contribution >= 0.6 is 0 Å². The third-order valence-electron chi connectivity index (χ3n) is 3.68. The summed E-state index contributed by atoms with van der Waals surface area (Å²) in [7, 11) is 0. The van der Waals surface area contributed by atoms with Crippen molar-refractivity contribution in [3.63, 3.8) is 0 Å². The number of carbonyl (C=O) groups is 1. The molecule has 0 unspecified atom stereocenters. The van der Waals surface area contributed by atoms with Crippen molar-refractivity contribution in [2.75, 3.05) is 6.54 Å². The molecule has 4 nitrogen and oxygen atoms in total. The Morgan fingerprint density at radius 2 is 2.00 bits per heavy atom. The number of imidazole rings is 1. The SMILES string of the molecule is Cc1nc2cc(CCNC(=O)C(C)C)ccc2n1C(C)C. The second-order valence-corrected chi connectivity index (χ2v) is 6.14. The van der Waals surface area contributed by atoms with Crippen molar-refractivity contribution >= 4 is 16.9 Å². The Hall–Kier alpha value is -1.84. The lowest BCUT2D eigenvalue weighted by Gasteiger charge is -2.11. The first kappa shape index (κ1) is 15.5. The quantitative estimate of drug-likeness (QED) is 0.917. The Balaban J connectivity index is 2.11. The molecule has 1 amide bonds. The van der Waals surface area contributed by atoms with E-state index in [0.717, 1.165) is 17.8 Å². The van der Waals surface area contributed by atoms with Crippen molar-refractivity contribution < 1.29 is 4.79 Å². The van der Waals surface area contributed by atoms with Crippen LogP contribution in [0.4, 0.5) is 0 Å². The Labute approximate surface area is 126 Å². The number of aromatic nitrogens is 2. The van der Waals surface area contributed by atoms with Crippen molar-refractivity contribution in [3.05, 3.63) is 29.6 Å². The van der Waals surface area contributed by atoms with Gasteiger partial charge in [-0.05, 0) is 44.9 Å². The van der Waals surface area contributed by atoms with E-state index >= 15 is 0 Å². The fraction of sp³-hybridized carbons (Fsp3) is 0.529. The van der Waals surface area contributed by atoms with Crippen molar-refractivity contribution in [3.8, 4) is 0 Å². The highest BCUT2D eigenvalue weighted by Crippen LogP contribution is 2.21. The third-order valence-corrected chi connectivity index (χ3v) is 3.68. The van der Waals surface area contributed by atoms with Crippen molar-refractivity contribution in [2.24, 2.45) is 5.92 Å². The number of aryl methyl sites for hydroxylation is 1. The third kappa shape index (κ3) is 3.43. The van der Waals surface area contributed by atoms with Crippen LogP contribution in [0.1, 0.15) is 45.1 Å². The van der Waals surface area contributed by atoms with E-state index in [1.807, 2.05) is 20.8 Å². The Morgan fingerprint density at radius 3 is 2.62 bits per heavy atom. The summed E-state index contributed by atoms with van der Waals surface area (Å²) in [6, 6.07) is 6.80. The van der Waals surface area contributed by atoms with E-state index in [-0.39, 0.29) is 11.8 Å². The molecule has 0 aliphatic heterocycles. The molecule has 0 saturated carbocycles. The van der Waals surface area contributed by atoms with Crippen molar-refractivity contribution in [1.29, 1.82) is 0 Å². The van der Waals surface area contributed by atoms with E-state index in [2.05, 4.69) is 46.9 Å². The van der Waals surface area contributed by atoms with Crippen LogP contribution in [-0.4, -0.2) is 22.0 Å². The molecule has 0 fully saturated rings. The van der Waals surface area contributed by atoms with Gasteiger partial charge >= 0.3 is 0 Å². The predicted octanol–water partition coefficient (Wildman–Crippen LogP) is 3.24. The average molecular weight is 287 g/mol. The van der Waals surface area contributed by atoms with Crippen LogP contribution in [0.25, 0.3) is 11.0 Å². The molecule has 0 aliphatic carbocycles. The molecule has 0 aliphatic rings. The molecule has 4 heteroatoms. The molecular formula is C17H25N3O. The molecule has 2 aromatic rings. The van der Waals surface area contributed by atoms with Gasteiger partial charge in [0.15, 0.2) is 0 Å². The first-order valence-corrected chi connectivity index (χ1v) is 7.65. The minimum Gasteiger partial charge on any atom is -0.356 e. The highest BCUT2D eigenvalue weighted by Gasteiger charge is 2.11. The first-order valence-electron chi connectivity index (χ1n) is 7.65. The van der Waals surface area contributed by atoms with E-state index in [1.165, 1.54) is 11.1 Å². The normalized spacial score (nSPS) is 11.6. The van der Waals surface area contributed by atoms with Gasteiger partial charge in [0.1, 0.15) is 5.82 Å². The van der Waals surface area contributed by atoms with Crippen LogP contribution in [0.2, 0.25) is 0 Å². The molecule has 2 rings (SSSR count). The highest BCUT2D eigenvalue weighted by molar-refractivity contribution is 5.78. The molecule has 21 heavy (non-hydrogen) atoms. The standard InChI is InChI=1S/C17H25N3O/c1-11(2)17(21)18-9-8-14-6-7-16-15(10-14)19-13(5)20(16)12(3)4/h6-7,10-12H,8-9H2,1-5H3,(H,18,21). The fourth-order valence-electron chi connectivity index (χ4n) is 2.61. The van der Waals surface area contributed by atoms with E-state index in [1.54, 1.807) is 0 Å². The van der Waals surface area contributed by atoms with Gasteiger partial charge in [0, 0.05) is 18.5 Å². The Kier molecular flexibility index (Phi) is 4.66. The number of carbonyl (C=O) groups excluding carboxylic acids is 1. The fourth-order valence-corrected chi connectivity index (χ4v) is 2.61. The summed E-state index contributed by atoms with van der Waals surface area (Å²) in [5.41, 5.74) is 3.42. The molecule has 0 radical (unpaired) electrons. The number of benzene rings is 1. The minimum absolute atomic E-state index is 0.0388. The molecule has 1 N–H and O–H groups in total. The average Bonchev–Trinajstić information content (AvgIpc) is 2.73. The maximum absolute atomic E-state index is 11.5. The lowest BCUT2D eigenvalue weighted by Crippen LogP contribution is -2.29. The van der Waals surface area contributed by atoms with Crippen LogP contribution in [0.5, 0.6) is 0 Å². The molecule has 1 aromatic carbocycles. The summed E-state index contributed by atoms with van der Waals surface area (Å²) in [5.74, 6) is 1.19. The molecule has 0 saturated heterocycles. The largest absolute Gasteiger partial charge is 0.356 e. The minimum atomic E-state index is 0.0388. The van der Waals surface area contributed by atoms with Gasteiger partial charge < -0.3 is 9.88 Å². The monoisotopic (exact) mass is 287 g/mol. The van der Waals surface area contributed by atoms with Crippen LogP contribution in [0.3, 0.4) is 0 Å². The zero-order chi connectivity index (χ0) is 15.6. The zero-order valence-corrected chi connectivity index (χ0v) is 13.6. The summed E-state index contributed by atoms with van der Waals surface area (Å²) in [4.78, 5) is 16.2. The van der Waals surface area contributed by atoms with Crippen LogP contribution in [0.15, 0.2) is 18.2 Å². The van der Waals surface area contributed by atoms with Gasteiger partial charge in [0.2, 0.25) is 5.91 Å². The molecule has 1 aromatic heterocycles. The van der Waals surface area contributed by atoms with Gasteiger partial charge in [-0.1, -0.05) is 19.9 Å². The first-order chi connectivity index (χ1) is 9.90. The predicted molar refractivity (Wildman–Crippen MR) is 86.4 cm³/mol. The van der Waals surface area contributed by atoms with Gasteiger partial charge in [-0.2, -0.15) is 0 Å². The lowest BCUT2D eigenvalue weighted by atomic mass is 10.1. The number of hydrogen-bond acceptors (Lipinski definition) is 2. The summed E-state index contributed by atoms with van der Waals surface area (Å²) in [6.45, 7) is 10.9. The molecular weight excluding hydrogens is 262 g/mol. The molecule has 0 bridgehead atoms. The number of fused-ring (bicyclic) bond motifs is 1. The Bertz CT molecular complexity index is 641. The van der Waals surface area contributed by atoms with Crippen LogP contribution < -0.4 is 5.32 Å². The van der Waals surface area contributed by atoms with E-state index in [4.69, 9.17) is 0 Å². The van der Waals surface area contributed by atoms with Gasteiger partial charge in [-0.15, -0.1) is 0 Å². The summed E-state index contributed by atoms with van der Waals surface area (Å²) >= 11 is 0. The van der Waals surface area contributed by atoms with Crippen molar-refractivity contribution in [2.45, 2.75) is 47.1 Å². The number of hydrogen-bond donors (Lipinski definition) is 1. The van der Waals surface area contributed by atoms with E-state index < -0.39 is 0 Å². The summed E-state index contributed by atoms with van der Waals surface area (Å²) in [5, 5.41) is 2.95. The number of amides is 1. The topological polar surface area (TPSA) is 46.9 Å². The van der Waals surface area contributed by atoms with Gasteiger partial charge in [0.05, 0.1) is 11.0 Å². The maximum Gasteiger partial charge on any atom is 0.222 e. The van der Waals surface area contributed by atoms with Gasteiger partial charge in [0.25, 0.3) is 0 Å². The highest BCUT2D eigenvalue weighted by atomic mass is 16.1. The summed E-state index contributed by atoms with van der Waals surface area (Å²) in [6.07, 6.45) is 0.835. The van der Waals surface area contributed by atoms with E-state index in [0.29, 0.717) is 12.6 Å². The lowest BCUT2D eigenvalue weighted by molar-refractivity contribution is -0.123. The second-order valence-electron chi connectivity index (χ2n) is 6.14. The molecule has 0 spiro atoms. The van der Waals surface area contributed by atoms with E-state index in [9.17, 15) is 4.79 Å². The summed E-state index contributed by atoms with van der Waals surface area (Å²) < 4.78 is 2.25. The number of nitrogens with zero attached hydrogens (tertiary/aromatic N) is 2. The van der Waals surface area contributed by atoms with Crippen LogP contribution in [0, 0.1) is 12.8 Å². The molecule has 0 atom stereocenters. The second kappa shape index (κ2) is 6.29. The van der Waals surface area contributed by atoms with Gasteiger partial charge in [-0.3, -0.25) is 4.79 Å². The smallest absolute Gasteiger partial charge is 0.222 e.